The summed E-state index contributed by atoms with van der Waals surface area (Å²) in [6.07, 6.45) is 0.932. The lowest BCUT2D eigenvalue weighted by molar-refractivity contribution is 0.179. The summed E-state index contributed by atoms with van der Waals surface area (Å²) in [6, 6.07) is 7.09. The summed E-state index contributed by atoms with van der Waals surface area (Å²) in [7, 11) is -3.26. The van der Waals surface area contributed by atoms with Crippen molar-refractivity contribution >= 4 is 9.84 Å². The van der Waals surface area contributed by atoms with Crippen molar-refractivity contribution in [3.8, 4) is 0 Å². The van der Waals surface area contributed by atoms with Crippen LogP contribution >= 0.6 is 0 Å². The first-order chi connectivity index (χ1) is 9.53. The largest absolute Gasteiger partial charge is 0.381 e. The van der Waals surface area contributed by atoms with Crippen molar-refractivity contribution in [3.05, 3.63) is 29.8 Å². The molecule has 2 rings (SSSR count). The van der Waals surface area contributed by atoms with Crippen molar-refractivity contribution in [3.63, 3.8) is 0 Å². The van der Waals surface area contributed by atoms with Gasteiger partial charge in [-0.3, -0.25) is 0 Å². The summed E-state index contributed by atoms with van der Waals surface area (Å²) in [5.41, 5.74) is 0.968. The minimum absolute atomic E-state index is 0.0342. The second-order valence-electron chi connectivity index (χ2n) is 5.39. The maximum atomic E-state index is 12.5. The van der Waals surface area contributed by atoms with E-state index in [0.29, 0.717) is 11.5 Å². The van der Waals surface area contributed by atoms with Gasteiger partial charge >= 0.3 is 0 Å². The Bertz CT molecular complexity index is 536. The van der Waals surface area contributed by atoms with Crippen LogP contribution < -0.4 is 5.32 Å². The maximum absolute atomic E-state index is 12.5. The van der Waals surface area contributed by atoms with E-state index < -0.39 is 9.84 Å². The predicted molar refractivity (Wildman–Crippen MR) is 79.6 cm³/mol. The molecule has 1 N–H and O–H groups in total. The fraction of sp³-hybridized carbons (Fsp3) is 0.600. The van der Waals surface area contributed by atoms with Crippen molar-refractivity contribution in [2.45, 2.75) is 31.2 Å². The SMILES string of the molecule is CCNC(CS(=O)(=O)c1cccc(C)c1)C1CCOC1. The molecule has 0 aliphatic carbocycles. The zero-order chi connectivity index (χ0) is 14.6. The Labute approximate surface area is 121 Å². The highest BCUT2D eigenvalue weighted by molar-refractivity contribution is 7.91. The average molecular weight is 297 g/mol. The van der Waals surface area contributed by atoms with Crippen molar-refractivity contribution in [2.24, 2.45) is 5.92 Å². The molecule has 0 aromatic heterocycles. The molecule has 1 heterocycles. The van der Waals surface area contributed by atoms with Crippen LogP contribution in [0, 0.1) is 12.8 Å². The standard InChI is InChI=1S/C15H23NO3S/c1-3-16-15(13-7-8-19-10-13)11-20(17,18)14-6-4-5-12(2)9-14/h4-6,9,13,15-16H,3,7-8,10-11H2,1-2H3. The number of hydrogen-bond donors (Lipinski definition) is 1. The van der Waals surface area contributed by atoms with Crippen molar-refractivity contribution in [1.29, 1.82) is 0 Å². The molecule has 1 fully saturated rings. The monoisotopic (exact) mass is 297 g/mol. The van der Waals surface area contributed by atoms with E-state index in [0.717, 1.165) is 25.1 Å². The fourth-order valence-electron chi connectivity index (χ4n) is 2.64. The van der Waals surface area contributed by atoms with Gasteiger partial charge in [-0.05, 0) is 37.6 Å². The molecule has 1 aliphatic heterocycles. The Kier molecular flexibility index (Phi) is 5.18. The van der Waals surface area contributed by atoms with Crippen LogP contribution in [0.1, 0.15) is 18.9 Å². The molecule has 1 aromatic rings. The van der Waals surface area contributed by atoms with Gasteiger partial charge < -0.3 is 10.1 Å². The molecule has 0 amide bonds. The normalized spacial score (nSPS) is 21.0. The van der Waals surface area contributed by atoms with E-state index in [2.05, 4.69) is 5.32 Å². The summed E-state index contributed by atoms with van der Waals surface area (Å²) in [5.74, 6) is 0.424. The van der Waals surface area contributed by atoms with Gasteiger partial charge in [-0.25, -0.2) is 8.42 Å². The van der Waals surface area contributed by atoms with Gasteiger partial charge in [0.15, 0.2) is 9.84 Å². The van der Waals surface area contributed by atoms with E-state index >= 15 is 0 Å². The molecule has 1 saturated heterocycles. The molecule has 112 valence electrons. The summed E-state index contributed by atoms with van der Waals surface area (Å²) in [4.78, 5) is 0.416. The molecule has 20 heavy (non-hydrogen) atoms. The predicted octanol–water partition coefficient (Wildman–Crippen LogP) is 1.78. The lowest BCUT2D eigenvalue weighted by atomic mass is 10.0. The second kappa shape index (κ2) is 6.70. The first-order valence-corrected chi connectivity index (χ1v) is 8.78. The summed E-state index contributed by atoms with van der Waals surface area (Å²) < 4.78 is 30.5. The Hall–Kier alpha value is -0.910. The van der Waals surface area contributed by atoms with Crippen LogP contribution in [0.5, 0.6) is 0 Å². The van der Waals surface area contributed by atoms with Crippen molar-refractivity contribution in [1.82, 2.24) is 5.32 Å². The zero-order valence-electron chi connectivity index (χ0n) is 12.1. The molecule has 2 unspecified atom stereocenters. The van der Waals surface area contributed by atoms with E-state index in [1.807, 2.05) is 19.9 Å². The van der Waals surface area contributed by atoms with Gasteiger partial charge in [0.25, 0.3) is 0 Å². The third kappa shape index (κ3) is 3.81. The molecular weight excluding hydrogens is 274 g/mol. The molecule has 0 spiro atoms. The summed E-state index contributed by atoms with van der Waals surface area (Å²) >= 11 is 0. The van der Waals surface area contributed by atoms with Crippen LogP contribution in [0.3, 0.4) is 0 Å². The van der Waals surface area contributed by atoms with Crippen LogP contribution in [-0.2, 0) is 14.6 Å². The van der Waals surface area contributed by atoms with Gasteiger partial charge in [0.1, 0.15) is 0 Å². The fourth-order valence-corrected chi connectivity index (χ4v) is 4.34. The van der Waals surface area contributed by atoms with Gasteiger partial charge in [0.2, 0.25) is 0 Å². The highest BCUT2D eigenvalue weighted by Gasteiger charge is 2.30. The van der Waals surface area contributed by atoms with Gasteiger partial charge in [0.05, 0.1) is 17.3 Å². The van der Waals surface area contributed by atoms with Crippen LogP contribution in [0.4, 0.5) is 0 Å². The second-order valence-corrected chi connectivity index (χ2v) is 7.42. The third-order valence-corrected chi connectivity index (χ3v) is 5.52. The number of ether oxygens (including phenoxy) is 1. The van der Waals surface area contributed by atoms with Gasteiger partial charge in [-0.15, -0.1) is 0 Å². The average Bonchev–Trinajstić information content (AvgIpc) is 2.92. The minimum atomic E-state index is -3.26. The molecular formula is C15H23NO3S. The van der Waals surface area contributed by atoms with Crippen LogP contribution in [0.2, 0.25) is 0 Å². The molecule has 2 atom stereocenters. The number of hydrogen-bond acceptors (Lipinski definition) is 4. The quantitative estimate of drug-likeness (QED) is 0.869. The highest BCUT2D eigenvalue weighted by atomic mass is 32.2. The Morgan fingerprint density at radius 3 is 2.85 bits per heavy atom. The van der Waals surface area contributed by atoms with E-state index in [1.165, 1.54) is 0 Å². The van der Waals surface area contributed by atoms with E-state index in [9.17, 15) is 8.42 Å². The Balaban J connectivity index is 2.15. The first-order valence-electron chi connectivity index (χ1n) is 7.13. The summed E-state index contributed by atoms with van der Waals surface area (Å²) in [6.45, 7) is 6.07. The number of nitrogens with one attached hydrogen (secondary N) is 1. The molecule has 4 nitrogen and oxygen atoms in total. The molecule has 0 saturated carbocycles. The Morgan fingerprint density at radius 1 is 1.45 bits per heavy atom. The van der Waals surface area contributed by atoms with Crippen molar-refractivity contribution in [2.75, 3.05) is 25.5 Å². The van der Waals surface area contributed by atoms with Gasteiger partial charge in [-0.1, -0.05) is 19.1 Å². The zero-order valence-corrected chi connectivity index (χ0v) is 12.9. The minimum Gasteiger partial charge on any atom is -0.381 e. The lowest BCUT2D eigenvalue weighted by Gasteiger charge is -2.23. The van der Waals surface area contributed by atoms with Crippen LogP contribution in [0.25, 0.3) is 0 Å². The smallest absolute Gasteiger partial charge is 0.179 e. The molecule has 1 aromatic carbocycles. The first kappa shape index (κ1) is 15.5. The Morgan fingerprint density at radius 2 is 2.25 bits per heavy atom. The number of rotatable bonds is 6. The van der Waals surface area contributed by atoms with Crippen molar-refractivity contribution < 1.29 is 13.2 Å². The van der Waals surface area contributed by atoms with Crippen LogP contribution in [0.15, 0.2) is 29.2 Å². The third-order valence-electron chi connectivity index (χ3n) is 3.75. The number of benzene rings is 1. The topological polar surface area (TPSA) is 55.4 Å². The molecule has 5 heteroatoms. The molecule has 0 bridgehead atoms. The number of sulfone groups is 1. The lowest BCUT2D eigenvalue weighted by Crippen LogP contribution is -2.42. The molecule has 0 radical (unpaired) electrons. The van der Waals surface area contributed by atoms with Gasteiger partial charge in [-0.2, -0.15) is 0 Å². The van der Waals surface area contributed by atoms with E-state index in [1.54, 1.807) is 18.2 Å². The van der Waals surface area contributed by atoms with Crippen LogP contribution in [-0.4, -0.2) is 40.0 Å². The maximum Gasteiger partial charge on any atom is 0.179 e. The molecule has 1 aliphatic rings. The van der Waals surface area contributed by atoms with E-state index in [4.69, 9.17) is 4.74 Å². The number of aryl methyl sites for hydroxylation is 1. The summed E-state index contributed by atoms with van der Waals surface area (Å²) in [5, 5.41) is 3.31. The highest BCUT2D eigenvalue weighted by Crippen LogP contribution is 2.21. The van der Waals surface area contributed by atoms with Gasteiger partial charge in [0, 0.05) is 18.6 Å². The van der Waals surface area contributed by atoms with E-state index in [-0.39, 0.29) is 17.7 Å².